The molecule has 1 aromatic heterocycles. The summed E-state index contributed by atoms with van der Waals surface area (Å²) in [6.07, 6.45) is 3.65. The number of hydrogen-bond donors (Lipinski definition) is 1. The number of nitrogens with zero attached hydrogens (tertiary/aromatic N) is 2. The molecule has 0 bridgehead atoms. The van der Waals surface area contributed by atoms with Gasteiger partial charge in [0.1, 0.15) is 5.56 Å². The highest BCUT2D eigenvalue weighted by Gasteiger charge is 2.26. The largest absolute Gasteiger partial charge is 0.356 e. The van der Waals surface area contributed by atoms with E-state index in [9.17, 15) is 14.4 Å². The number of amides is 2. The van der Waals surface area contributed by atoms with E-state index in [1.165, 1.54) is 4.57 Å². The van der Waals surface area contributed by atoms with E-state index < -0.39 is 0 Å². The molecular formula is C28H31N3O3. The Balaban J connectivity index is 1.30. The van der Waals surface area contributed by atoms with Gasteiger partial charge in [-0.15, -0.1) is 0 Å². The van der Waals surface area contributed by atoms with Crippen LogP contribution in [-0.4, -0.2) is 40.9 Å². The van der Waals surface area contributed by atoms with Gasteiger partial charge in [0.15, 0.2) is 0 Å². The van der Waals surface area contributed by atoms with E-state index in [4.69, 9.17) is 0 Å². The Morgan fingerprint density at radius 1 is 0.912 bits per heavy atom. The van der Waals surface area contributed by atoms with Gasteiger partial charge in [0.05, 0.1) is 0 Å². The number of hydrogen-bond acceptors (Lipinski definition) is 3. The zero-order chi connectivity index (χ0) is 23.9. The Labute approximate surface area is 200 Å². The highest BCUT2D eigenvalue weighted by Crippen LogP contribution is 2.28. The molecule has 6 heteroatoms. The molecule has 1 fully saturated rings. The minimum absolute atomic E-state index is 0.00959. The molecule has 0 unspecified atom stereocenters. The van der Waals surface area contributed by atoms with Crippen LogP contribution in [-0.2, 0) is 11.8 Å². The van der Waals surface area contributed by atoms with Gasteiger partial charge in [-0.3, -0.25) is 14.4 Å². The lowest BCUT2D eigenvalue weighted by Crippen LogP contribution is -2.43. The van der Waals surface area contributed by atoms with Crippen LogP contribution in [0, 0.1) is 5.92 Å². The molecule has 6 nitrogen and oxygen atoms in total. The smallest absolute Gasteiger partial charge is 0.263 e. The van der Waals surface area contributed by atoms with E-state index in [1.54, 1.807) is 30.3 Å². The lowest BCUT2D eigenvalue weighted by Gasteiger charge is -2.32. The SMILES string of the molecule is Cn1cccc(C(=O)N2CCC(CNC(=O)CC(c3ccccc3)c3ccccc3)CC2)c1=O. The number of pyridine rings is 1. The quantitative estimate of drug-likeness (QED) is 0.590. The monoisotopic (exact) mass is 457 g/mol. The van der Waals surface area contributed by atoms with Crippen molar-refractivity contribution < 1.29 is 9.59 Å². The van der Waals surface area contributed by atoms with Crippen LogP contribution in [0.15, 0.2) is 83.8 Å². The topological polar surface area (TPSA) is 71.4 Å². The van der Waals surface area contributed by atoms with Gasteiger partial charge in [0.2, 0.25) is 5.91 Å². The molecule has 0 spiro atoms. The summed E-state index contributed by atoms with van der Waals surface area (Å²) in [5.41, 5.74) is 2.20. The van der Waals surface area contributed by atoms with E-state index in [2.05, 4.69) is 29.6 Å². The first-order valence-electron chi connectivity index (χ1n) is 11.8. The van der Waals surface area contributed by atoms with Crippen LogP contribution in [0.5, 0.6) is 0 Å². The fourth-order valence-corrected chi connectivity index (χ4v) is 4.59. The number of carbonyl (C=O) groups excluding carboxylic acids is 2. The number of aryl methyl sites for hydroxylation is 1. The third-order valence-corrected chi connectivity index (χ3v) is 6.64. The normalized spacial score (nSPS) is 14.2. The van der Waals surface area contributed by atoms with Gasteiger partial charge >= 0.3 is 0 Å². The molecule has 0 atom stereocenters. The number of carbonyl (C=O) groups is 2. The van der Waals surface area contributed by atoms with E-state index in [0.29, 0.717) is 32.0 Å². The van der Waals surface area contributed by atoms with Crippen molar-refractivity contribution in [2.75, 3.05) is 19.6 Å². The van der Waals surface area contributed by atoms with Crippen molar-refractivity contribution in [3.8, 4) is 0 Å². The Hall–Kier alpha value is -3.67. The lowest BCUT2D eigenvalue weighted by molar-refractivity contribution is -0.121. The minimum Gasteiger partial charge on any atom is -0.356 e. The first-order valence-corrected chi connectivity index (χ1v) is 11.8. The summed E-state index contributed by atoms with van der Waals surface area (Å²) in [6.45, 7) is 1.78. The summed E-state index contributed by atoms with van der Waals surface area (Å²) in [5.74, 6) is 0.148. The predicted molar refractivity (Wildman–Crippen MR) is 133 cm³/mol. The third kappa shape index (κ3) is 5.63. The highest BCUT2D eigenvalue weighted by molar-refractivity contribution is 5.93. The molecule has 1 saturated heterocycles. The molecule has 0 radical (unpaired) electrons. The molecule has 0 aliphatic carbocycles. The van der Waals surface area contributed by atoms with E-state index in [0.717, 1.165) is 24.0 Å². The zero-order valence-corrected chi connectivity index (χ0v) is 19.5. The molecule has 2 aromatic carbocycles. The second-order valence-corrected chi connectivity index (χ2v) is 8.96. The Morgan fingerprint density at radius 2 is 1.50 bits per heavy atom. The molecule has 1 aliphatic heterocycles. The molecular weight excluding hydrogens is 426 g/mol. The molecule has 2 amide bonds. The van der Waals surface area contributed by atoms with Crippen LogP contribution in [0.3, 0.4) is 0 Å². The standard InChI is InChI=1S/C28H31N3O3/c1-30-16-8-13-24(27(30)33)28(34)31-17-14-21(15-18-31)20-29-26(32)19-25(22-9-4-2-5-10-22)23-11-6-3-7-12-23/h2-13,16,21,25H,14-15,17-20H2,1H3,(H,29,32). The van der Waals surface area contributed by atoms with Gasteiger partial charge < -0.3 is 14.8 Å². The molecule has 3 aromatic rings. The molecule has 34 heavy (non-hydrogen) atoms. The van der Waals surface area contributed by atoms with Crippen LogP contribution in [0.2, 0.25) is 0 Å². The van der Waals surface area contributed by atoms with Crippen LogP contribution in [0.25, 0.3) is 0 Å². The average molecular weight is 458 g/mol. The van der Waals surface area contributed by atoms with Crippen molar-refractivity contribution in [2.24, 2.45) is 13.0 Å². The maximum atomic E-state index is 12.9. The Kier molecular flexibility index (Phi) is 7.58. The number of aromatic nitrogens is 1. The van der Waals surface area contributed by atoms with E-state index in [-0.39, 0.29) is 28.9 Å². The zero-order valence-electron chi connectivity index (χ0n) is 19.5. The summed E-state index contributed by atoms with van der Waals surface area (Å²) < 4.78 is 1.42. The first kappa shape index (κ1) is 23.5. The summed E-state index contributed by atoms with van der Waals surface area (Å²) in [6, 6.07) is 23.6. The second-order valence-electron chi connectivity index (χ2n) is 8.96. The van der Waals surface area contributed by atoms with Crippen molar-refractivity contribution in [1.82, 2.24) is 14.8 Å². The number of likely N-dealkylation sites (tertiary alicyclic amines) is 1. The predicted octanol–water partition coefficient (Wildman–Crippen LogP) is 3.58. The van der Waals surface area contributed by atoms with Crippen LogP contribution >= 0.6 is 0 Å². The van der Waals surface area contributed by atoms with Gasteiger partial charge in [-0.05, 0) is 42.0 Å². The van der Waals surface area contributed by atoms with Gasteiger partial charge in [-0.25, -0.2) is 0 Å². The fourth-order valence-electron chi connectivity index (χ4n) is 4.59. The summed E-state index contributed by atoms with van der Waals surface area (Å²) in [5, 5.41) is 3.12. The molecule has 0 saturated carbocycles. The fraction of sp³-hybridized carbons (Fsp3) is 0.321. The minimum atomic E-state index is -0.270. The second kappa shape index (κ2) is 11.0. The van der Waals surface area contributed by atoms with Crippen molar-refractivity contribution in [2.45, 2.75) is 25.2 Å². The van der Waals surface area contributed by atoms with E-state index >= 15 is 0 Å². The maximum Gasteiger partial charge on any atom is 0.263 e. The Bertz CT molecular complexity index is 1130. The van der Waals surface area contributed by atoms with Crippen molar-refractivity contribution >= 4 is 11.8 Å². The maximum absolute atomic E-state index is 12.9. The molecule has 1 N–H and O–H groups in total. The van der Waals surface area contributed by atoms with Crippen LogP contribution in [0.4, 0.5) is 0 Å². The summed E-state index contributed by atoms with van der Waals surface area (Å²) in [4.78, 5) is 39.6. The number of benzene rings is 2. The molecule has 4 rings (SSSR count). The average Bonchev–Trinajstić information content (AvgIpc) is 2.88. The molecule has 176 valence electrons. The summed E-state index contributed by atoms with van der Waals surface area (Å²) >= 11 is 0. The molecule has 1 aliphatic rings. The lowest BCUT2D eigenvalue weighted by atomic mass is 9.88. The summed E-state index contributed by atoms with van der Waals surface area (Å²) in [7, 11) is 1.65. The van der Waals surface area contributed by atoms with Crippen molar-refractivity contribution in [3.05, 3.63) is 106 Å². The first-order chi connectivity index (χ1) is 16.5. The van der Waals surface area contributed by atoms with Crippen molar-refractivity contribution in [3.63, 3.8) is 0 Å². The highest BCUT2D eigenvalue weighted by atomic mass is 16.2. The number of nitrogens with one attached hydrogen (secondary N) is 1. The Morgan fingerprint density at radius 3 is 2.09 bits per heavy atom. The number of piperidine rings is 1. The van der Waals surface area contributed by atoms with Crippen LogP contribution in [0.1, 0.15) is 46.7 Å². The van der Waals surface area contributed by atoms with Gasteiger partial charge in [-0.1, -0.05) is 60.7 Å². The van der Waals surface area contributed by atoms with Gasteiger partial charge in [0, 0.05) is 45.2 Å². The van der Waals surface area contributed by atoms with E-state index in [1.807, 2.05) is 36.4 Å². The molecule has 2 heterocycles. The third-order valence-electron chi connectivity index (χ3n) is 6.64. The van der Waals surface area contributed by atoms with Gasteiger partial charge in [0.25, 0.3) is 11.5 Å². The van der Waals surface area contributed by atoms with Crippen LogP contribution < -0.4 is 10.9 Å². The van der Waals surface area contributed by atoms with Gasteiger partial charge in [-0.2, -0.15) is 0 Å². The van der Waals surface area contributed by atoms with Crippen molar-refractivity contribution in [1.29, 1.82) is 0 Å². The number of rotatable bonds is 7.